The summed E-state index contributed by atoms with van der Waals surface area (Å²) >= 11 is 0. The second-order valence-corrected chi connectivity index (χ2v) is 6.55. The molecule has 0 amide bonds. The molecule has 3 nitrogen and oxygen atoms in total. The molecule has 2 unspecified atom stereocenters. The highest BCUT2D eigenvalue weighted by Gasteiger charge is 2.36. The maximum absolute atomic E-state index is 10.4. The SMILES string of the molecule is OC(CN1CCCC2(CCCNC2)C1)c1ccccc1. The molecule has 2 atom stereocenters. The van der Waals surface area contributed by atoms with E-state index >= 15 is 0 Å². The number of hydrogen-bond acceptors (Lipinski definition) is 3. The third-order valence-electron chi connectivity index (χ3n) is 4.92. The van der Waals surface area contributed by atoms with Crippen molar-refractivity contribution < 1.29 is 5.11 Å². The summed E-state index contributed by atoms with van der Waals surface area (Å²) in [6.07, 6.45) is 4.90. The van der Waals surface area contributed by atoms with E-state index in [0.717, 1.165) is 31.7 Å². The number of aliphatic hydroxyl groups excluding tert-OH is 1. The van der Waals surface area contributed by atoms with Crippen LogP contribution in [0, 0.1) is 5.41 Å². The first-order valence-electron chi connectivity index (χ1n) is 7.94. The number of nitrogens with one attached hydrogen (secondary N) is 1. The van der Waals surface area contributed by atoms with Crippen LogP contribution in [-0.4, -0.2) is 42.7 Å². The number of nitrogens with zero attached hydrogens (tertiary/aromatic N) is 1. The zero-order chi connectivity index (χ0) is 13.8. The number of aliphatic hydroxyl groups is 1. The third kappa shape index (κ3) is 3.22. The highest BCUT2D eigenvalue weighted by Crippen LogP contribution is 2.36. The standard InChI is InChI=1S/C17H26N2O/c20-16(15-6-2-1-3-7-15)12-19-11-5-9-17(14-19)8-4-10-18-13-17/h1-3,6-7,16,18,20H,4-5,8-14H2. The molecule has 0 saturated carbocycles. The molecule has 2 heterocycles. The Morgan fingerprint density at radius 3 is 2.75 bits per heavy atom. The quantitative estimate of drug-likeness (QED) is 0.887. The van der Waals surface area contributed by atoms with Crippen molar-refractivity contribution in [1.82, 2.24) is 10.2 Å². The van der Waals surface area contributed by atoms with Gasteiger partial charge in [0.05, 0.1) is 6.10 Å². The second-order valence-electron chi connectivity index (χ2n) is 6.55. The van der Waals surface area contributed by atoms with Gasteiger partial charge in [-0.05, 0) is 49.8 Å². The van der Waals surface area contributed by atoms with Gasteiger partial charge < -0.3 is 10.4 Å². The monoisotopic (exact) mass is 274 g/mol. The number of benzene rings is 1. The third-order valence-corrected chi connectivity index (χ3v) is 4.92. The highest BCUT2D eigenvalue weighted by atomic mass is 16.3. The summed E-state index contributed by atoms with van der Waals surface area (Å²) < 4.78 is 0. The smallest absolute Gasteiger partial charge is 0.0916 e. The average Bonchev–Trinajstić information content (AvgIpc) is 2.49. The molecule has 0 aliphatic carbocycles. The summed E-state index contributed by atoms with van der Waals surface area (Å²) in [5.41, 5.74) is 1.50. The molecule has 2 saturated heterocycles. The van der Waals surface area contributed by atoms with Crippen LogP contribution in [0.25, 0.3) is 0 Å². The lowest BCUT2D eigenvalue weighted by Crippen LogP contribution is -2.51. The Morgan fingerprint density at radius 1 is 1.20 bits per heavy atom. The van der Waals surface area contributed by atoms with E-state index in [-0.39, 0.29) is 6.10 Å². The number of hydrogen-bond donors (Lipinski definition) is 2. The topological polar surface area (TPSA) is 35.5 Å². The molecular weight excluding hydrogens is 248 g/mol. The molecule has 2 fully saturated rings. The maximum Gasteiger partial charge on any atom is 0.0916 e. The van der Waals surface area contributed by atoms with Crippen molar-refractivity contribution in [3.8, 4) is 0 Å². The van der Waals surface area contributed by atoms with Gasteiger partial charge in [-0.3, -0.25) is 4.90 Å². The Morgan fingerprint density at radius 2 is 2.00 bits per heavy atom. The van der Waals surface area contributed by atoms with Gasteiger partial charge in [-0.2, -0.15) is 0 Å². The first-order chi connectivity index (χ1) is 9.77. The average molecular weight is 274 g/mol. The van der Waals surface area contributed by atoms with E-state index in [1.165, 1.54) is 32.2 Å². The molecule has 1 spiro atoms. The van der Waals surface area contributed by atoms with Crippen LogP contribution in [0.1, 0.15) is 37.4 Å². The molecule has 0 bridgehead atoms. The minimum Gasteiger partial charge on any atom is -0.387 e. The van der Waals surface area contributed by atoms with E-state index in [1.54, 1.807) is 0 Å². The molecule has 2 aliphatic heterocycles. The fourth-order valence-corrected chi connectivity index (χ4v) is 3.87. The van der Waals surface area contributed by atoms with Gasteiger partial charge in [0.2, 0.25) is 0 Å². The molecule has 20 heavy (non-hydrogen) atoms. The van der Waals surface area contributed by atoms with Gasteiger partial charge >= 0.3 is 0 Å². The summed E-state index contributed by atoms with van der Waals surface area (Å²) in [4.78, 5) is 2.47. The Labute approximate surface area is 122 Å². The largest absolute Gasteiger partial charge is 0.387 e. The molecule has 110 valence electrons. The lowest BCUT2D eigenvalue weighted by atomic mass is 9.74. The normalized spacial score (nSPS) is 29.4. The van der Waals surface area contributed by atoms with E-state index in [4.69, 9.17) is 0 Å². The maximum atomic E-state index is 10.4. The van der Waals surface area contributed by atoms with Crippen molar-refractivity contribution in [3.63, 3.8) is 0 Å². The Bertz CT molecular complexity index is 409. The van der Waals surface area contributed by atoms with Gasteiger partial charge in [-0.1, -0.05) is 30.3 Å². The summed E-state index contributed by atoms with van der Waals surface area (Å²) in [7, 11) is 0. The summed E-state index contributed by atoms with van der Waals surface area (Å²) in [6, 6.07) is 10.0. The van der Waals surface area contributed by atoms with Crippen LogP contribution in [0.3, 0.4) is 0 Å². The van der Waals surface area contributed by atoms with Gasteiger partial charge in [0.1, 0.15) is 0 Å². The Kier molecular flexibility index (Phi) is 4.39. The zero-order valence-corrected chi connectivity index (χ0v) is 12.2. The first-order valence-corrected chi connectivity index (χ1v) is 7.94. The predicted octanol–water partition coefficient (Wildman–Crippen LogP) is 2.19. The molecule has 2 aliphatic rings. The van der Waals surface area contributed by atoms with Crippen LogP contribution in [0.5, 0.6) is 0 Å². The fourth-order valence-electron chi connectivity index (χ4n) is 3.87. The van der Waals surface area contributed by atoms with Crippen LogP contribution < -0.4 is 5.32 Å². The number of rotatable bonds is 3. The number of likely N-dealkylation sites (tertiary alicyclic amines) is 1. The Hall–Kier alpha value is -0.900. The fraction of sp³-hybridized carbons (Fsp3) is 0.647. The molecule has 1 aromatic rings. The van der Waals surface area contributed by atoms with E-state index in [0.29, 0.717) is 5.41 Å². The molecule has 3 heteroatoms. The van der Waals surface area contributed by atoms with Crippen LogP contribution >= 0.6 is 0 Å². The number of piperidine rings is 2. The lowest BCUT2D eigenvalue weighted by Gasteiger charge is -2.46. The highest BCUT2D eigenvalue weighted by molar-refractivity contribution is 5.17. The molecule has 0 aromatic heterocycles. The second kappa shape index (κ2) is 6.25. The van der Waals surface area contributed by atoms with Crippen LogP contribution in [-0.2, 0) is 0 Å². The molecule has 3 rings (SSSR count). The van der Waals surface area contributed by atoms with Gasteiger partial charge in [-0.25, -0.2) is 0 Å². The molecular formula is C17H26N2O. The van der Waals surface area contributed by atoms with E-state index < -0.39 is 0 Å². The van der Waals surface area contributed by atoms with Crippen molar-refractivity contribution in [1.29, 1.82) is 0 Å². The van der Waals surface area contributed by atoms with Crippen LogP contribution in [0.15, 0.2) is 30.3 Å². The van der Waals surface area contributed by atoms with Crippen molar-refractivity contribution in [2.75, 3.05) is 32.7 Å². The van der Waals surface area contributed by atoms with Crippen molar-refractivity contribution in [3.05, 3.63) is 35.9 Å². The van der Waals surface area contributed by atoms with E-state index in [9.17, 15) is 5.11 Å². The van der Waals surface area contributed by atoms with Crippen molar-refractivity contribution in [2.24, 2.45) is 5.41 Å². The zero-order valence-electron chi connectivity index (χ0n) is 12.2. The number of β-amino-alcohol motifs (C(OH)–C–C–N with tert-alkyl or cyclic N) is 1. The lowest BCUT2D eigenvalue weighted by molar-refractivity contribution is 0.0311. The van der Waals surface area contributed by atoms with Crippen LogP contribution in [0.2, 0.25) is 0 Å². The van der Waals surface area contributed by atoms with Crippen LogP contribution in [0.4, 0.5) is 0 Å². The summed E-state index contributed by atoms with van der Waals surface area (Å²) in [6.45, 7) is 5.38. The van der Waals surface area contributed by atoms with Gasteiger partial charge in [0.15, 0.2) is 0 Å². The summed E-state index contributed by atoms with van der Waals surface area (Å²) in [5, 5.41) is 14.0. The minimum atomic E-state index is -0.358. The van der Waals surface area contributed by atoms with Gasteiger partial charge in [0, 0.05) is 19.6 Å². The predicted molar refractivity (Wildman–Crippen MR) is 81.6 cm³/mol. The van der Waals surface area contributed by atoms with Crippen molar-refractivity contribution in [2.45, 2.75) is 31.8 Å². The molecule has 2 N–H and O–H groups in total. The Balaban J connectivity index is 1.60. The van der Waals surface area contributed by atoms with Crippen molar-refractivity contribution >= 4 is 0 Å². The van der Waals surface area contributed by atoms with E-state index in [2.05, 4.69) is 10.2 Å². The minimum absolute atomic E-state index is 0.358. The molecule has 1 aromatic carbocycles. The summed E-state index contributed by atoms with van der Waals surface area (Å²) in [5.74, 6) is 0. The molecule has 0 radical (unpaired) electrons. The van der Waals surface area contributed by atoms with E-state index in [1.807, 2.05) is 30.3 Å². The van der Waals surface area contributed by atoms with Gasteiger partial charge in [0.25, 0.3) is 0 Å². The first kappa shape index (κ1) is 14.1. The van der Waals surface area contributed by atoms with Gasteiger partial charge in [-0.15, -0.1) is 0 Å².